The number of likely N-dealkylation sites (tertiary alicyclic amines) is 3. The summed E-state index contributed by atoms with van der Waals surface area (Å²) in [7, 11) is 0. The molecule has 4 saturated heterocycles. The van der Waals surface area contributed by atoms with Crippen molar-refractivity contribution in [3.63, 3.8) is 0 Å². The fourth-order valence-electron chi connectivity index (χ4n) is 5.17. The van der Waals surface area contributed by atoms with Gasteiger partial charge in [-0.3, -0.25) is 19.6 Å². The van der Waals surface area contributed by atoms with E-state index in [1.165, 1.54) is 77.8 Å². The number of piperidine rings is 1. The standard InChI is InChI=1S/C9H19N.C8H17NO.C8H17N.C7H15N.4C2H6.2CH4/c1-9(2,3)10-7-5-4-6-8-10;1-8(2,3)9-4-6-10-7-5-9;1-8(2,3)9-6-4-5-7-9;1-7(2,3)8-5-4-6-8;4*1-2;;/h4-8H2,1-3H3;4-7H2,1-3H3;4-7H2,1-3H3;4-6H2,1-3H3;4*1-2H3;2*1H4. The second kappa shape index (κ2) is 33.0. The summed E-state index contributed by atoms with van der Waals surface area (Å²) in [5.74, 6) is 0. The van der Waals surface area contributed by atoms with E-state index in [2.05, 4.69) is 103 Å². The molecule has 0 radical (unpaired) electrons. The van der Waals surface area contributed by atoms with Crippen LogP contribution in [0.25, 0.3) is 0 Å². The van der Waals surface area contributed by atoms with Gasteiger partial charge in [-0.05, 0) is 154 Å². The summed E-state index contributed by atoms with van der Waals surface area (Å²) in [5.41, 5.74) is 1.57. The van der Waals surface area contributed by atoms with Gasteiger partial charge in [0.05, 0.1) is 13.2 Å². The highest BCUT2D eigenvalue weighted by Gasteiger charge is 2.26. The highest BCUT2D eigenvalue weighted by molar-refractivity contribution is 4.82. The summed E-state index contributed by atoms with van der Waals surface area (Å²) >= 11 is 0. The molecule has 4 fully saturated rings. The predicted molar refractivity (Wildman–Crippen MR) is 223 cm³/mol. The van der Waals surface area contributed by atoms with Crippen LogP contribution in [0.15, 0.2) is 0 Å². The number of hydrogen-bond donors (Lipinski definition) is 0. The molecule has 0 aromatic carbocycles. The molecule has 0 aromatic rings. The average Bonchev–Trinajstić information content (AvgIpc) is 3.53. The van der Waals surface area contributed by atoms with Crippen molar-refractivity contribution in [2.45, 2.75) is 214 Å². The van der Waals surface area contributed by atoms with E-state index in [1.54, 1.807) is 0 Å². The van der Waals surface area contributed by atoms with Crippen LogP contribution in [-0.2, 0) is 4.74 Å². The van der Waals surface area contributed by atoms with Crippen LogP contribution < -0.4 is 0 Å². The van der Waals surface area contributed by atoms with Crippen molar-refractivity contribution in [3.8, 4) is 0 Å². The predicted octanol–water partition coefficient (Wildman–Crippen LogP) is 12.1. The van der Waals surface area contributed by atoms with E-state index in [9.17, 15) is 0 Å². The molecular weight excluding hydrogens is 576 g/mol. The Bertz CT molecular complexity index is 546. The van der Waals surface area contributed by atoms with Gasteiger partial charge >= 0.3 is 0 Å². The van der Waals surface area contributed by atoms with Gasteiger partial charge in [0.1, 0.15) is 0 Å². The first kappa shape index (κ1) is 59.0. The van der Waals surface area contributed by atoms with Gasteiger partial charge in [-0.1, -0.05) is 76.7 Å². The second-order valence-corrected chi connectivity index (χ2v) is 15.4. The quantitative estimate of drug-likeness (QED) is 0.254. The molecule has 0 amide bonds. The lowest BCUT2D eigenvalue weighted by molar-refractivity contribution is -0.00389. The lowest BCUT2D eigenvalue weighted by atomic mass is 10.0. The molecule has 0 unspecified atom stereocenters. The summed E-state index contributed by atoms with van der Waals surface area (Å²) in [4.78, 5) is 10.1. The first-order valence-electron chi connectivity index (χ1n) is 19.5. The number of morpholine rings is 1. The fourth-order valence-corrected chi connectivity index (χ4v) is 5.17. The minimum Gasteiger partial charge on any atom is -0.379 e. The lowest BCUT2D eigenvalue weighted by Crippen LogP contribution is -2.49. The third-order valence-corrected chi connectivity index (χ3v) is 8.12. The van der Waals surface area contributed by atoms with Crippen LogP contribution in [0, 0.1) is 0 Å². The van der Waals surface area contributed by atoms with Gasteiger partial charge in [-0.15, -0.1) is 0 Å². The first-order valence-corrected chi connectivity index (χ1v) is 19.5. The normalized spacial score (nSPS) is 18.6. The van der Waals surface area contributed by atoms with E-state index in [0.717, 1.165) is 26.3 Å². The molecule has 0 N–H and O–H groups in total. The van der Waals surface area contributed by atoms with E-state index < -0.39 is 0 Å². The van der Waals surface area contributed by atoms with Gasteiger partial charge in [-0.25, -0.2) is 0 Å². The molecule has 0 bridgehead atoms. The summed E-state index contributed by atoms with van der Waals surface area (Å²) < 4.78 is 5.25. The third-order valence-electron chi connectivity index (χ3n) is 8.12. The van der Waals surface area contributed by atoms with E-state index >= 15 is 0 Å². The summed E-state index contributed by atoms with van der Waals surface area (Å²) in [6, 6.07) is 0. The summed E-state index contributed by atoms with van der Waals surface area (Å²) in [6.07, 6.45) is 8.44. The number of rotatable bonds is 0. The Hall–Kier alpha value is -0.200. The molecule has 4 heterocycles. The molecule has 5 heteroatoms. The van der Waals surface area contributed by atoms with Crippen molar-refractivity contribution >= 4 is 0 Å². The van der Waals surface area contributed by atoms with E-state index in [4.69, 9.17) is 4.74 Å². The van der Waals surface area contributed by atoms with Crippen molar-refractivity contribution in [2.24, 2.45) is 0 Å². The second-order valence-electron chi connectivity index (χ2n) is 15.4. The van der Waals surface area contributed by atoms with Crippen molar-refractivity contribution in [2.75, 3.05) is 65.6 Å². The van der Waals surface area contributed by atoms with Crippen LogP contribution >= 0.6 is 0 Å². The zero-order valence-corrected chi connectivity index (χ0v) is 35.5. The topological polar surface area (TPSA) is 22.2 Å². The Kier molecular flexibility index (Phi) is 41.4. The molecule has 4 aliphatic rings. The largest absolute Gasteiger partial charge is 0.379 e. The molecule has 47 heavy (non-hydrogen) atoms. The molecular formula is C42H100N4O. The molecule has 4 rings (SSSR count). The maximum absolute atomic E-state index is 5.25. The Labute approximate surface area is 303 Å². The van der Waals surface area contributed by atoms with Crippen LogP contribution in [0.2, 0.25) is 0 Å². The maximum Gasteiger partial charge on any atom is 0.0594 e. The first-order chi connectivity index (χ1) is 20.9. The lowest BCUT2D eigenvalue weighted by Gasteiger charge is -2.42. The monoisotopic (exact) mass is 677 g/mol. The highest BCUT2D eigenvalue weighted by Crippen LogP contribution is 2.21. The minimum atomic E-state index is 0. The van der Waals surface area contributed by atoms with Gasteiger partial charge in [0.15, 0.2) is 0 Å². The number of hydrogen-bond acceptors (Lipinski definition) is 5. The van der Waals surface area contributed by atoms with Crippen LogP contribution in [-0.4, -0.2) is 107 Å². The fraction of sp³-hybridized carbons (Fsp3) is 1.00. The molecule has 0 aliphatic carbocycles. The average molecular weight is 677 g/mol. The number of nitrogens with zero attached hydrogens (tertiary/aromatic N) is 4. The Morgan fingerprint density at radius 3 is 0.638 bits per heavy atom. The van der Waals surface area contributed by atoms with Crippen molar-refractivity contribution in [1.29, 1.82) is 0 Å². The van der Waals surface area contributed by atoms with E-state index in [-0.39, 0.29) is 14.9 Å². The molecule has 0 atom stereocenters. The third kappa shape index (κ3) is 31.5. The molecule has 0 spiro atoms. The molecule has 4 aliphatic heterocycles. The van der Waals surface area contributed by atoms with Gasteiger partial charge in [-0.2, -0.15) is 0 Å². The van der Waals surface area contributed by atoms with E-state index in [0.29, 0.717) is 22.2 Å². The Morgan fingerprint density at radius 2 is 0.489 bits per heavy atom. The van der Waals surface area contributed by atoms with Gasteiger partial charge in [0.25, 0.3) is 0 Å². The van der Waals surface area contributed by atoms with Crippen molar-refractivity contribution in [1.82, 2.24) is 19.6 Å². The zero-order chi connectivity index (χ0) is 36.3. The molecule has 0 saturated carbocycles. The molecule has 5 nitrogen and oxygen atoms in total. The minimum absolute atomic E-state index is 0. The van der Waals surface area contributed by atoms with Gasteiger partial charge in [0, 0.05) is 35.2 Å². The van der Waals surface area contributed by atoms with Crippen LogP contribution in [0.4, 0.5) is 0 Å². The SMILES string of the molecule is C.C.CC.CC.CC.CC.CC(C)(C)N1CCC1.CC(C)(C)N1CCCC1.CC(C)(C)N1CCCCC1.CC(C)(C)N1CCOCC1. The molecule has 294 valence electrons. The van der Waals surface area contributed by atoms with Gasteiger partial charge < -0.3 is 4.74 Å². The van der Waals surface area contributed by atoms with Crippen molar-refractivity contribution in [3.05, 3.63) is 0 Å². The summed E-state index contributed by atoms with van der Waals surface area (Å²) in [5, 5.41) is 0. The van der Waals surface area contributed by atoms with Crippen molar-refractivity contribution < 1.29 is 4.74 Å². The van der Waals surface area contributed by atoms with Crippen LogP contribution in [0.5, 0.6) is 0 Å². The Morgan fingerprint density at radius 1 is 0.298 bits per heavy atom. The Balaban J connectivity index is -0.000000110. The molecule has 0 aromatic heterocycles. The summed E-state index contributed by atoms with van der Waals surface area (Å²) in [6.45, 7) is 55.2. The van der Waals surface area contributed by atoms with Crippen LogP contribution in [0.1, 0.15) is 192 Å². The maximum atomic E-state index is 5.25. The highest BCUT2D eigenvalue weighted by atomic mass is 16.5. The zero-order valence-electron chi connectivity index (χ0n) is 35.5. The van der Waals surface area contributed by atoms with E-state index in [1.807, 2.05) is 55.4 Å². The smallest absolute Gasteiger partial charge is 0.0594 e. The number of ether oxygens (including phenoxy) is 1. The van der Waals surface area contributed by atoms with Crippen LogP contribution in [0.3, 0.4) is 0 Å². The van der Waals surface area contributed by atoms with Gasteiger partial charge in [0.2, 0.25) is 0 Å².